The Kier molecular flexibility index (Phi) is 57.6. The van der Waals surface area contributed by atoms with E-state index in [1.54, 1.807) is 49.4 Å². The number of aliphatic hydroxyl groups is 1. The van der Waals surface area contributed by atoms with Crippen molar-refractivity contribution < 1.29 is 99.9 Å². The smallest absolute Gasteiger partial charge is 0.408 e. The van der Waals surface area contributed by atoms with Crippen molar-refractivity contribution in [3.05, 3.63) is 412 Å². The molecule has 5 aromatic heterocycles. The number of fused-ring (bicyclic) bond motifs is 5. The minimum Gasteiger partial charge on any atom is -0.507 e. The number of carbonyl (C=O) groups is 8. The number of carboxylic acids is 2. The van der Waals surface area contributed by atoms with Gasteiger partial charge in [0.1, 0.15) is 69.6 Å². The second kappa shape index (κ2) is 69.7. The highest BCUT2D eigenvalue weighted by Gasteiger charge is 2.24. The predicted octanol–water partition coefficient (Wildman–Crippen LogP) is 32.0. The number of amides is 2. The second-order valence-electron chi connectivity index (χ2n) is 30.4. The molecule has 2 amide bonds. The highest BCUT2D eigenvalue weighted by molar-refractivity contribution is 9.10. The second-order valence-corrected chi connectivity index (χ2v) is 32.3. The van der Waals surface area contributed by atoms with Gasteiger partial charge in [-0.05, 0) is 204 Å². The number of benzene rings is 13. The molecule has 0 bridgehead atoms. The minimum absolute atomic E-state index is 0.0122. The monoisotopic (exact) mass is 2160 g/mol. The van der Waals surface area contributed by atoms with Crippen LogP contribution in [0, 0.1) is 0 Å². The third-order valence-electron chi connectivity index (χ3n) is 20.7. The maximum Gasteiger partial charge on any atom is 0.408 e. The topological polar surface area (TPSA) is 364 Å². The standard InChI is InChI=1S/C26H23NO4.C25H21NO5.C15H10O3.C15H12O2.C11H9BrO3.C11H11NO2.C7H5BrO2.7C2H6/c1-18(28)24(14-19-8-4-2-5-9-19)27-26(29)30-17-23-16-22-15-21(12-13-25(22)31-23)20-10-6-3-7-11-20;27-24(28)22(13-17-7-3-1-4-8-17)26-25(29)30-16-21-15-20-14-19(11-12-23(20)31-21)18-9-5-2-6-10-18;16-15(17)14-9-12-8-11(6-7-13(12)18-14)10-4-2-1-3-5-10;16-10-14-9-13-8-12(6-7-15(13)17-14)11-4-2-1-3-5-11;1-2-14-11(13)10-6-7-5-8(12)3-4-9(7)15-10;1-9(14)11(12-8-13)7-10-5-3-2-4-6-10;8-6-1-2-7(10)5(3-6)4-9;7*1-2/h2-13,15-16,24H,14,17H2,1H3,(H,27,29);1-12,14-15,22H,13,16H2,(H,26,29)(H,27,28);1-9H,(H,16,17);1-9,16H,10H2;3-6H,2H2,1H3;2-6,11H,7H2,1H3;1-4,10H;7*1-2H3. The fourth-order valence-corrected chi connectivity index (χ4v) is 14.6. The molecular weight excluding hydrogens is 2030 g/mol. The highest BCUT2D eigenvalue weighted by atomic mass is 79.9. The van der Waals surface area contributed by atoms with E-state index >= 15 is 0 Å². The molecule has 24 nitrogen and oxygen atoms in total. The number of aliphatic hydroxyl groups excluding tert-OH is 1. The molecule has 0 spiro atoms. The number of ketones is 2. The molecule has 18 aromatic rings. The van der Waals surface area contributed by atoms with E-state index < -0.39 is 48.2 Å². The summed E-state index contributed by atoms with van der Waals surface area (Å²) < 4.78 is 44.6. The quantitative estimate of drug-likeness (QED) is 0.0102. The SMILES string of the molecule is CC.CC.CC.CC.CC.CC.CC.CC(=O)C(Cc1ccccc1)N=C=O.CC(=O)C(Cc1ccccc1)NC(=O)OCc1cc2cc(-c3ccccc3)ccc2o1.CCOC(=O)c1cc2cc(Br)ccc2o1.O=C(NC(Cc1ccccc1)C(=O)O)OCc1cc2cc(-c3ccccc3)ccc2o1.O=C(O)c1cc2cc(-c3ccccc3)ccc2o1.O=Cc1cc(Br)ccc1O.OCc1cc2cc(-c3ccccc3)ccc2o1. The molecule has 26 heteroatoms. The average molecular weight is 2160 g/mol. The lowest BCUT2D eigenvalue weighted by Gasteiger charge is -2.15. The molecule has 0 aliphatic heterocycles. The van der Waals surface area contributed by atoms with Gasteiger partial charge in [-0.2, -0.15) is 4.99 Å². The Labute approximate surface area is 893 Å². The number of hydrogen-bond acceptors (Lipinski definition) is 20. The van der Waals surface area contributed by atoms with E-state index in [1.165, 1.54) is 31.6 Å². The van der Waals surface area contributed by atoms with Gasteiger partial charge in [-0.25, -0.2) is 28.8 Å². The van der Waals surface area contributed by atoms with Crippen LogP contribution in [0.25, 0.3) is 99.4 Å². The van der Waals surface area contributed by atoms with Gasteiger partial charge in [-0.15, -0.1) is 0 Å². The van der Waals surface area contributed by atoms with Crippen LogP contribution in [-0.4, -0.2) is 99.2 Å². The Morgan fingerprint density at radius 1 is 0.360 bits per heavy atom. The first-order chi connectivity index (χ1) is 72.9. The number of isocyanates is 1. The molecule has 5 heterocycles. The van der Waals surface area contributed by atoms with E-state index in [2.05, 4.69) is 77.8 Å². The van der Waals surface area contributed by atoms with Crippen LogP contribution in [0.4, 0.5) is 9.59 Å². The van der Waals surface area contributed by atoms with Crippen LogP contribution < -0.4 is 10.6 Å². The van der Waals surface area contributed by atoms with Gasteiger partial charge in [0, 0.05) is 48.7 Å². The van der Waals surface area contributed by atoms with Crippen LogP contribution >= 0.6 is 31.9 Å². The van der Waals surface area contributed by atoms with Crippen molar-refractivity contribution >= 4 is 141 Å². The number of aliphatic imine (C=N–C) groups is 1. The number of carbonyl (C=O) groups excluding carboxylic acids is 7. The zero-order chi connectivity index (χ0) is 110. The summed E-state index contributed by atoms with van der Waals surface area (Å²) in [7, 11) is 0. The minimum atomic E-state index is -1.13. The normalized spacial score (nSPS) is 10.4. The molecule has 0 saturated heterocycles. The summed E-state index contributed by atoms with van der Waals surface area (Å²) in [5.41, 5.74) is 15.4. The molecule has 3 unspecified atom stereocenters. The number of hydrogen-bond donors (Lipinski definition) is 6. The van der Waals surface area contributed by atoms with Crippen molar-refractivity contribution in [2.24, 2.45) is 4.99 Å². The summed E-state index contributed by atoms with van der Waals surface area (Å²) in [5, 5.41) is 45.9. The average Bonchev–Trinajstić information content (AvgIpc) is 1.69. The summed E-state index contributed by atoms with van der Waals surface area (Å²) in [6.45, 7) is 32.8. The van der Waals surface area contributed by atoms with Crippen LogP contribution in [0.2, 0.25) is 0 Å². The van der Waals surface area contributed by atoms with Crippen LogP contribution in [-0.2, 0) is 72.5 Å². The summed E-state index contributed by atoms with van der Waals surface area (Å²) in [5.74, 6) is -1.00. The first-order valence-electron chi connectivity index (χ1n) is 49.7. The Hall–Kier alpha value is -16.4. The number of alkyl carbamates (subject to hydrolysis) is 2. The number of rotatable bonds is 25. The number of aromatic hydroxyl groups is 1. The third-order valence-corrected chi connectivity index (χ3v) is 21.7. The number of aliphatic carboxylic acids is 1. The van der Waals surface area contributed by atoms with Crippen LogP contribution in [0.15, 0.2) is 388 Å². The number of furan rings is 5. The van der Waals surface area contributed by atoms with Crippen LogP contribution in [0.5, 0.6) is 5.75 Å². The first kappa shape index (κ1) is 124. The van der Waals surface area contributed by atoms with Crippen molar-refractivity contribution in [2.45, 2.75) is 175 Å². The zero-order valence-electron chi connectivity index (χ0n) is 87.7. The van der Waals surface area contributed by atoms with E-state index in [9.17, 15) is 48.3 Å². The van der Waals surface area contributed by atoms with Gasteiger partial charge >= 0.3 is 30.1 Å². The number of esters is 1. The van der Waals surface area contributed by atoms with Crippen molar-refractivity contribution in [3.63, 3.8) is 0 Å². The summed E-state index contributed by atoms with van der Waals surface area (Å²) >= 11 is 6.52. The fraction of sp³-hybridized carbons (Fsp3) is 0.218. The van der Waals surface area contributed by atoms with E-state index in [0.717, 1.165) is 103 Å². The van der Waals surface area contributed by atoms with Gasteiger partial charge in [0.2, 0.25) is 17.6 Å². The van der Waals surface area contributed by atoms with Crippen molar-refractivity contribution in [1.82, 2.24) is 10.6 Å². The van der Waals surface area contributed by atoms with Gasteiger partial charge in [0.25, 0.3) is 0 Å². The molecule has 0 saturated carbocycles. The maximum atomic E-state index is 12.2. The predicted molar refractivity (Wildman–Crippen MR) is 606 cm³/mol. The third kappa shape index (κ3) is 41.1. The van der Waals surface area contributed by atoms with Crippen molar-refractivity contribution in [1.29, 1.82) is 0 Å². The molecule has 0 aliphatic rings. The van der Waals surface area contributed by atoms with E-state index in [1.807, 2.05) is 370 Å². The number of aldehydes is 1. The molecule has 150 heavy (non-hydrogen) atoms. The lowest BCUT2D eigenvalue weighted by Crippen LogP contribution is -2.42. The zero-order valence-corrected chi connectivity index (χ0v) is 90.8. The van der Waals surface area contributed by atoms with Gasteiger partial charge in [-0.3, -0.25) is 14.4 Å². The maximum absolute atomic E-state index is 12.2. The number of aromatic carboxylic acids is 1. The van der Waals surface area contributed by atoms with E-state index in [0.29, 0.717) is 65.3 Å². The molecule has 0 radical (unpaired) electrons. The summed E-state index contributed by atoms with van der Waals surface area (Å²) in [6.07, 6.45) is 1.62. The molecule has 3 atom stereocenters. The lowest BCUT2D eigenvalue weighted by atomic mass is 10.0. The fourth-order valence-electron chi connectivity index (χ4n) is 13.9. The highest BCUT2D eigenvalue weighted by Crippen LogP contribution is 2.33. The molecule has 0 fully saturated rings. The largest absolute Gasteiger partial charge is 0.507 e. The van der Waals surface area contributed by atoms with Crippen LogP contribution in [0.3, 0.4) is 0 Å². The Balaban J connectivity index is 0.000000310. The number of nitrogens with zero attached hydrogens (tertiary/aromatic N) is 1. The molecule has 13 aromatic carbocycles. The van der Waals surface area contributed by atoms with Crippen molar-refractivity contribution in [2.75, 3.05) is 6.61 Å². The van der Waals surface area contributed by atoms with E-state index in [-0.39, 0.29) is 55.1 Å². The lowest BCUT2D eigenvalue weighted by molar-refractivity contribution is -0.139. The molecule has 6 N–H and O–H groups in total. The molecule has 0 aliphatic carbocycles. The molecular formula is C124H133Br2N3O21. The number of nitrogens with one attached hydrogen (secondary N) is 2. The Bertz CT molecular complexity index is 6930. The number of Topliss-reactive ketones (excluding diaryl/α,β-unsaturated/α-hetero) is 2. The van der Waals surface area contributed by atoms with Gasteiger partial charge in [0.15, 0.2) is 31.1 Å². The number of halogens is 2. The van der Waals surface area contributed by atoms with Gasteiger partial charge in [0.05, 0.1) is 18.2 Å². The summed E-state index contributed by atoms with van der Waals surface area (Å²) in [4.78, 5) is 105. The van der Waals surface area contributed by atoms with Gasteiger partial charge < -0.3 is 67.4 Å². The first-order valence-corrected chi connectivity index (χ1v) is 51.3. The van der Waals surface area contributed by atoms with E-state index in [4.69, 9.17) is 51.6 Å². The summed E-state index contributed by atoms with van der Waals surface area (Å²) in [6, 6.07) is 109. The molecule has 18 rings (SSSR count). The number of phenols is 1. The van der Waals surface area contributed by atoms with Crippen LogP contribution in [0.1, 0.15) is 183 Å². The molecule has 784 valence electrons. The van der Waals surface area contributed by atoms with Gasteiger partial charge in [-0.1, -0.05) is 365 Å². The number of ether oxygens (including phenoxy) is 3. The Morgan fingerprint density at radius 3 is 1.02 bits per heavy atom. The Morgan fingerprint density at radius 2 is 0.673 bits per heavy atom. The number of carboxylic acid groups (broad SMARTS) is 2. The van der Waals surface area contributed by atoms with Crippen molar-refractivity contribution in [3.8, 4) is 50.3 Å². The number of phenolic OH excluding ortho intramolecular Hbond substituents is 1.